The first-order chi connectivity index (χ1) is 18.0. The summed E-state index contributed by atoms with van der Waals surface area (Å²) in [5.74, 6) is 1.61. The maximum atomic E-state index is 13.4. The molecule has 2 N–H and O–H groups in total. The molecule has 0 spiro atoms. The summed E-state index contributed by atoms with van der Waals surface area (Å²) in [7, 11) is 1.92. The number of hydrogen-bond donors (Lipinski definition) is 2. The minimum atomic E-state index is -0.461. The van der Waals surface area contributed by atoms with E-state index in [1.165, 1.54) is 0 Å². The van der Waals surface area contributed by atoms with Gasteiger partial charge in [0.15, 0.2) is 0 Å². The van der Waals surface area contributed by atoms with E-state index in [4.69, 9.17) is 9.47 Å². The molecule has 1 aliphatic heterocycles. The third kappa shape index (κ3) is 6.87. The standard InChI is InChI=1S/C27H32N6O4/c1-3-28-26-30-18-23-24(31-26)32(2)14-15-33(25(23)34)21-11-7-12-22(17-21)36-16-8-13-29-27(35)37-19-20-9-5-4-6-10-20/h4-7,9-12,17-18H,3,8,13-16,19H2,1-2H3,(H,29,35)(H,28,30,31). The van der Waals surface area contributed by atoms with E-state index in [2.05, 4.69) is 20.6 Å². The Morgan fingerprint density at radius 3 is 2.76 bits per heavy atom. The molecular weight excluding hydrogens is 472 g/mol. The topological polar surface area (TPSA) is 109 Å². The maximum Gasteiger partial charge on any atom is 0.407 e. The highest BCUT2D eigenvalue weighted by Gasteiger charge is 2.28. The van der Waals surface area contributed by atoms with Crippen LogP contribution in [-0.2, 0) is 11.3 Å². The average molecular weight is 505 g/mol. The number of carbonyl (C=O) groups is 2. The van der Waals surface area contributed by atoms with Crippen LogP contribution < -0.4 is 25.2 Å². The first-order valence-corrected chi connectivity index (χ1v) is 12.4. The summed E-state index contributed by atoms with van der Waals surface area (Å²) in [6.45, 7) is 4.86. The predicted octanol–water partition coefficient (Wildman–Crippen LogP) is 3.70. The summed E-state index contributed by atoms with van der Waals surface area (Å²) in [5, 5.41) is 5.82. The summed E-state index contributed by atoms with van der Waals surface area (Å²) >= 11 is 0. The first-order valence-electron chi connectivity index (χ1n) is 12.4. The molecule has 0 unspecified atom stereocenters. The van der Waals surface area contributed by atoms with Gasteiger partial charge < -0.3 is 29.9 Å². The Morgan fingerprint density at radius 2 is 1.95 bits per heavy atom. The third-order valence-corrected chi connectivity index (χ3v) is 5.80. The molecular formula is C27H32N6O4. The monoisotopic (exact) mass is 504 g/mol. The van der Waals surface area contributed by atoms with Gasteiger partial charge >= 0.3 is 6.09 Å². The number of anilines is 3. The molecule has 0 fully saturated rings. The number of carbonyl (C=O) groups excluding carboxylic acids is 2. The third-order valence-electron chi connectivity index (χ3n) is 5.80. The van der Waals surface area contributed by atoms with Crippen LogP contribution in [0.1, 0.15) is 29.3 Å². The number of aromatic nitrogens is 2. The minimum absolute atomic E-state index is 0.155. The number of ether oxygens (including phenoxy) is 2. The molecule has 0 radical (unpaired) electrons. The summed E-state index contributed by atoms with van der Waals surface area (Å²) in [4.78, 5) is 37.7. The van der Waals surface area contributed by atoms with E-state index in [-0.39, 0.29) is 12.5 Å². The van der Waals surface area contributed by atoms with Crippen molar-refractivity contribution in [1.82, 2.24) is 15.3 Å². The van der Waals surface area contributed by atoms with Crippen LogP contribution in [0.25, 0.3) is 0 Å². The number of benzene rings is 2. The quantitative estimate of drug-likeness (QED) is 0.403. The number of likely N-dealkylation sites (N-methyl/N-ethyl adjacent to an activating group) is 1. The van der Waals surface area contributed by atoms with E-state index >= 15 is 0 Å². The maximum absolute atomic E-state index is 13.4. The second-order valence-electron chi connectivity index (χ2n) is 8.53. The van der Waals surface area contributed by atoms with Crippen LogP contribution in [0.15, 0.2) is 60.8 Å². The van der Waals surface area contributed by atoms with Gasteiger partial charge in [-0.05, 0) is 31.0 Å². The fourth-order valence-corrected chi connectivity index (χ4v) is 3.88. The van der Waals surface area contributed by atoms with Crippen LogP contribution in [0, 0.1) is 0 Å². The van der Waals surface area contributed by atoms with Crippen LogP contribution >= 0.6 is 0 Å². The SMILES string of the molecule is CCNc1ncc2c(n1)N(C)CCN(c1cccc(OCCCNC(=O)OCc3ccccc3)c1)C2=O. The minimum Gasteiger partial charge on any atom is -0.493 e. The van der Waals surface area contributed by atoms with Crippen molar-refractivity contribution >= 4 is 29.5 Å². The summed E-state index contributed by atoms with van der Waals surface area (Å²) in [6.07, 6.45) is 1.73. The van der Waals surface area contributed by atoms with Gasteiger partial charge in [0.05, 0.1) is 6.61 Å². The van der Waals surface area contributed by atoms with Crippen molar-refractivity contribution in [2.24, 2.45) is 0 Å². The van der Waals surface area contributed by atoms with Crippen LogP contribution in [-0.4, -0.2) is 61.8 Å². The second kappa shape index (κ2) is 12.6. The van der Waals surface area contributed by atoms with Crippen molar-refractivity contribution < 1.29 is 19.1 Å². The number of fused-ring (bicyclic) bond motifs is 1. The van der Waals surface area contributed by atoms with E-state index in [0.717, 1.165) is 11.3 Å². The molecule has 37 heavy (non-hydrogen) atoms. The molecule has 10 nitrogen and oxygen atoms in total. The van der Waals surface area contributed by atoms with E-state index in [0.29, 0.717) is 62.3 Å². The van der Waals surface area contributed by atoms with Gasteiger partial charge in [0.2, 0.25) is 5.95 Å². The number of hydrogen-bond acceptors (Lipinski definition) is 8. The molecule has 194 valence electrons. The molecule has 0 saturated heterocycles. The predicted molar refractivity (Wildman–Crippen MR) is 142 cm³/mol. The van der Waals surface area contributed by atoms with Gasteiger partial charge in [-0.2, -0.15) is 4.98 Å². The molecule has 2 heterocycles. The molecule has 4 rings (SSSR count). The van der Waals surface area contributed by atoms with Gasteiger partial charge in [0.25, 0.3) is 5.91 Å². The lowest BCUT2D eigenvalue weighted by Crippen LogP contribution is -2.33. The molecule has 0 bridgehead atoms. The lowest BCUT2D eigenvalue weighted by atomic mass is 10.2. The fourth-order valence-electron chi connectivity index (χ4n) is 3.88. The number of alkyl carbamates (subject to hydrolysis) is 1. The van der Waals surface area contributed by atoms with Crippen molar-refractivity contribution in [2.45, 2.75) is 20.0 Å². The first kappa shape index (κ1) is 25.7. The molecule has 2 aromatic carbocycles. The number of rotatable bonds is 10. The van der Waals surface area contributed by atoms with Gasteiger partial charge in [-0.25, -0.2) is 9.78 Å². The van der Waals surface area contributed by atoms with Gasteiger partial charge in [-0.3, -0.25) is 4.79 Å². The normalized spacial score (nSPS) is 13.0. The molecule has 1 aliphatic rings. The van der Waals surface area contributed by atoms with Crippen molar-refractivity contribution in [1.29, 1.82) is 0 Å². The Hall–Kier alpha value is -4.34. The molecule has 3 aromatic rings. The molecule has 1 aromatic heterocycles. The summed E-state index contributed by atoms with van der Waals surface area (Å²) in [5.41, 5.74) is 2.13. The van der Waals surface area contributed by atoms with Gasteiger partial charge in [0.1, 0.15) is 23.7 Å². The number of nitrogens with one attached hydrogen (secondary N) is 2. The van der Waals surface area contributed by atoms with Crippen LogP contribution in [0.3, 0.4) is 0 Å². The van der Waals surface area contributed by atoms with Gasteiger partial charge in [-0.15, -0.1) is 0 Å². The van der Waals surface area contributed by atoms with E-state index in [1.54, 1.807) is 11.1 Å². The fraction of sp³-hybridized carbons (Fsp3) is 0.333. The van der Waals surface area contributed by atoms with E-state index in [9.17, 15) is 9.59 Å². The average Bonchev–Trinajstić information content (AvgIpc) is 3.04. The largest absolute Gasteiger partial charge is 0.493 e. The zero-order valence-corrected chi connectivity index (χ0v) is 21.1. The van der Waals surface area contributed by atoms with E-state index in [1.807, 2.05) is 73.5 Å². The smallest absolute Gasteiger partial charge is 0.407 e. The van der Waals surface area contributed by atoms with E-state index < -0.39 is 6.09 Å². The van der Waals surface area contributed by atoms with Crippen molar-refractivity contribution in [2.75, 3.05) is 55.0 Å². The zero-order chi connectivity index (χ0) is 26.0. The number of amides is 2. The molecule has 10 heteroatoms. The Labute approximate surface area is 216 Å². The number of nitrogens with zero attached hydrogens (tertiary/aromatic N) is 4. The highest BCUT2D eigenvalue weighted by atomic mass is 16.5. The van der Waals surface area contributed by atoms with Crippen molar-refractivity contribution in [3.8, 4) is 5.75 Å². The lowest BCUT2D eigenvalue weighted by molar-refractivity contribution is 0.0989. The molecule has 0 saturated carbocycles. The van der Waals surface area contributed by atoms with Gasteiger partial charge in [-0.1, -0.05) is 36.4 Å². The molecule has 0 atom stereocenters. The van der Waals surface area contributed by atoms with Crippen molar-refractivity contribution in [3.63, 3.8) is 0 Å². The van der Waals surface area contributed by atoms with Crippen molar-refractivity contribution in [3.05, 3.63) is 71.9 Å². The Bertz CT molecular complexity index is 1210. The highest BCUT2D eigenvalue weighted by Crippen LogP contribution is 2.28. The Kier molecular flexibility index (Phi) is 8.75. The second-order valence-corrected chi connectivity index (χ2v) is 8.53. The molecule has 0 aliphatic carbocycles. The van der Waals surface area contributed by atoms with Crippen LogP contribution in [0.4, 0.5) is 22.2 Å². The van der Waals surface area contributed by atoms with Gasteiger partial charge in [0, 0.05) is 51.2 Å². The van der Waals surface area contributed by atoms with Crippen LogP contribution in [0.5, 0.6) is 5.75 Å². The Morgan fingerprint density at radius 1 is 1.11 bits per heavy atom. The molecule has 2 amide bonds. The summed E-state index contributed by atoms with van der Waals surface area (Å²) < 4.78 is 11.1. The highest BCUT2D eigenvalue weighted by molar-refractivity contribution is 6.09. The summed E-state index contributed by atoms with van der Waals surface area (Å²) in [6, 6.07) is 17.0. The zero-order valence-electron chi connectivity index (χ0n) is 21.1. The lowest BCUT2D eigenvalue weighted by Gasteiger charge is -2.21. The Balaban J connectivity index is 1.29. The van der Waals surface area contributed by atoms with Crippen LogP contribution in [0.2, 0.25) is 0 Å².